The second-order valence-corrected chi connectivity index (χ2v) is 4.89. The van der Waals surface area contributed by atoms with Crippen LogP contribution in [0.4, 0.5) is 5.82 Å². The second kappa shape index (κ2) is 6.68. The summed E-state index contributed by atoms with van der Waals surface area (Å²) in [5.41, 5.74) is 5.71. The third-order valence-electron chi connectivity index (χ3n) is 3.41. The van der Waals surface area contributed by atoms with Crippen LogP contribution in [0.3, 0.4) is 0 Å². The highest BCUT2D eigenvalue weighted by Gasteiger charge is 2.20. The Morgan fingerprint density at radius 1 is 1.47 bits per heavy atom. The summed E-state index contributed by atoms with van der Waals surface area (Å²) in [4.78, 5) is 10.7. The SMILES string of the molecule is COCc1nc(N)cc(OCCC2CCCN2C)n1. The van der Waals surface area contributed by atoms with Gasteiger partial charge in [-0.15, -0.1) is 0 Å². The fraction of sp³-hybridized carbons (Fsp3) is 0.692. The number of hydrogen-bond donors (Lipinski definition) is 1. The lowest BCUT2D eigenvalue weighted by atomic mass is 10.1. The molecule has 1 aliphatic heterocycles. The molecular weight excluding hydrogens is 244 g/mol. The summed E-state index contributed by atoms with van der Waals surface area (Å²) in [5.74, 6) is 1.49. The molecular formula is C13H22N4O2. The molecule has 0 aromatic carbocycles. The maximum Gasteiger partial charge on any atom is 0.218 e. The van der Waals surface area contributed by atoms with Crippen molar-refractivity contribution in [3.05, 3.63) is 11.9 Å². The molecule has 0 bridgehead atoms. The molecule has 1 aliphatic rings. The lowest BCUT2D eigenvalue weighted by Gasteiger charge is -2.19. The lowest BCUT2D eigenvalue weighted by Crippen LogP contribution is -2.26. The van der Waals surface area contributed by atoms with Crippen molar-refractivity contribution in [2.45, 2.75) is 31.9 Å². The first-order valence-corrected chi connectivity index (χ1v) is 6.64. The third-order valence-corrected chi connectivity index (χ3v) is 3.41. The van der Waals surface area contributed by atoms with Crippen LogP contribution in [-0.4, -0.2) is 48.2 Å². The highest BCUT2D eigenvalue weighted by molar-refractivity contribution is 5.32. The summed E-state index contributed by atoms with van der Waals surface area (Å²) < 4.78 is 10.7. The van der Waals surface area contributed by atoms with Gasteiger partial charge in [0.2, 0.25) is 5.88 Å². The average molecular weight is 266 g/mol. The molecule has 1 fully saturated rings. The van der Waals surface area contributed by atoms with Gasteiger partial charge < -0.3 is 20.1 Å². The molecule has 2 rings (SSSR count). The normalized spacial score (nSPS) is 19.8. The molecule has 0 radical (unpaired) electrons. The van der Waals surface area contributed by atoms with E-state index in [2.05, 4.69) is 21.9 Å². The summed E-state index contributed by atoms with van der Waals surface area (Å²) in [6.45, 7) is 2.17. The van der Waals surface area contributed by atoms with E-state index in [1.54, 1.807) is 13.2 Å². The number of aromatic nitrogens is 2. The van der Waals surface area contributed by atoms with E-state index in [4.69, 9.17) is 15.2 Å². The van der Waals surface area contributed by atoms with Crippen molar-refractivity contribution >= 4 is 5.82 Å². The molecule has 0 aliphatic carbocycles. The first-order chi connectivity index (χ1) is 9.19. The molecule has 1 unspecified atom stereocenters. The molecule has 1 atom stereocenters. The monoisotopic (exact) mass is 266 g/mol. The molecule has 6 nitrogen and oxygen atoms in total. The molecule has 2 N–H and O–H groups in total. The van der Waals surface area contributed by atoms with E-state index < -0.39 is 0 Å². The molecule has 1 saturated heterocycles. The van der Waals surface area contributed by atoms with Crippen LogP contribution in [0.25, 0.3) is 0 Å². The Bertz CT molecular complexity index is 414. The smallest absolute Gasteiger partial charge is 0.218 e. The summed E-state index contributed by atoms with van der Waals surface area (Å²) in [6, 6.07) is 2.27. The maximum atomic E-state index is 5.71. The van der Waals surface area contributed by atoms with Gasteiger partial charge in [-0.1, -0.05) is 0 Å². The van der Waals surface area contributed by atoms with Crippen molar-refractivity contribution in [3.8, 4) is 5.88 Å². The van der Waals surface area contributed by atoms with Gasteiger partial charge in [-0.3, -0.25) is 0 Å². The Morgan fingerprint density at radius 3 is 3.00 bits per heavy atom. The number of rotatable bonds is 6. The van der Waals surface area contributed by atoms with Gasteiger partial charge in [0.15, 0.2) is 5.82 Å². The highest BCUT2D eigenvalue weighted by Crippen LogP contribution is 2.18. The van der Waals surface area contributed by atoms with Gasteiger partial charge in [0.05, 0.1) is 6.61 Å². The average Bonchev–Trinajstić information content (AvgIpc) is 2.75. The zero-order valence-corrected chi connectivity index (χ0v) is 11.6. The van der Waals surface area contributed by atoms with Crippen molar-refractivity contribution in [2.75, 3.05) is 33.0 Å². The first kappa shape index (κ1) is 14.0. The van der Waals surface area contributed by atoms with Gasteiger partial charge in [-0.25, -0.2) is 4.98 Å². The quantitative estimate of drug-likeness (QED) is 0.830. The lowest BCUT2D eigenvalue weighted by molar-refractivity contribution is 0.175. The Balaban J connectivity index is 1.84. The molecule has 19 heavy (non-hydrogen) atoms. The molecule has 0 saturated carbocycles. The van der Waals surface area contributed by atoms with E-state index >= 15 is 0 Å². The Kier molecular flexibility index (Phi) is 4.93. The van der Waals surface area contributed by atoms with E-state index in [1.807, 2.05) is 0 Å². The summed E-state index contributed by atoms with van der Waals surface area (Å²) >= 11 is 0. The van der Waals surface area contributed by atoms with E-state index in [-0.39, 0.29) is 0 Å². The second-order valence-electron chi connectivity index (χ2n) is 4.89. The summed E-state index contributed by atoms with van der Waals surface area (Å²) in [5, 5.41) is 0. The largest absolute Gasteiger partial charge is 0.477 e. The Morgan fingerprint density at radius 2 is 2.32 bits per heavy atom. The van der Waals surface area contributed by atoms with Crippen LogP contribution in [0.2, 0.25) is 0 Å². The van der Waals surface area contributed by atoms with E-state index in [1.165, 1.54) is 19.4 Å². The minimum atomic E-state index is 0.340. The molecule has 2 heterocycles. The zero-order valence-electron chi connectivity index (χ0n) is 11.6. The zero-order chi connectivity index (χ0) is 13.7. The third kappa shape index (κ3) is 4.04. The minimum absolute atomic E-state index is 0.340. The number of anilines is 1. The fourth-order valence-electron chi connectivity index (χ4n) is 2.40. The summed E-state index contributed by atoms with van der Waals surface area (Å²) in [7, 11) is 3.76. The molecule has 106 valence electrons. The van der Waals surface area contributed by atoms with Crippen molar-refractivity contribution in [1.82, 2.24) is 14.9 Å². The van der Waals surface area contributed by atoms with Gasteiger partial charge >= 0.3 is 0 Å². The van der Waals surface area contributed by atoms with Crippen LogP contribution >= 0.6 is 0 Å². The van der Waals surface area contributed by atoms with Crippen LogP contribution < -0.4 is 10.5 Å². The van der Waals surface area contributed by atoms with Crippen LogP contribution in [-0.2, 0) is 11.3 Å². The molecule has 0 spiro atoms. The number of nitrogens with two attached hydrogens (primary N) is 1. The molecule has 6 heteroatoms. The molecule has 0 amide bonds. The highest BCUT2D eigenvalue weighted by atomic mass is 16.5. The van der Waals surface area contributed by atoms with Crippen molar-refractivity contribution in [3.63, 3.8) is 0 Å². The number of nitrogens with zero attached hydrogens (tertiary/aromatic N) is 3. The van der Waals surface area contributed by atoms with Crippen LogP contribution in [0, 0.1) is 0 Å². The predicted molar refractivity (Wildman–Crippen MR) is 72.9 cm³/mol. The van der Waals surface area contributed by atoms with E-state index in [0.717, 1.165) is 6.42 Å². The first-order valence-electron chi connectivity index (χ1n) is 6.64. The number of likely N-dealkylation sites (tertiary alicyclic amines) is 1. The topological polar surface area (TPSA) is 73.5 Å². The van der Waals surface area contributed by atoms with Crippen LogP contribution in [0.15, 0.2) is 6.07 Å². The number of nitrogen functional groups attached to an aromatic ring is 1. The Labute approximate surface area is 113 Å². The number of ether oxygens (including phenoxy) is 2. The predicted octanol–water partition coefficient (Wildman–Crippen LogP) is 1.07. The van der Waals surface area contributed by atoms with Gasteiger partial charge in [0.1, 0.15) is 12.4 Å². The number of hydrogen-bond acceptors (Lipinski definition) is 6. The molecule has 1 aromatic heterocycles. The Hall–Kier alpha value is -1.40. The standard InChI is InChI=1S/C13H22N4O2/c1-17-6-3-4-10(17)5-7-19-13-8-11(14)15-12(16-13)9-18-2/h8,10H,3-7,9H2,1-2H3,(H2,14,15,16). The van der Waals surface area contributed by atoms with E-state index in [0.29, 0.717) is 36.8 Å². The van der Waals surface area contributed by atoms with Gasteiger partial charge in [0.25, 0.3) is 0 Å². The van der Waals surface area contributed by atoms with Crippen LogP contribution in [0.5, 0.6) is 5.88 Å². The fourth-order valence-corrected chi connectivity index (χ4v) is 2.40. The van der Waals surface area contributed by atoms with Crippen LogP contribution in [0.1, 0.15) is 25.1 Å². The van der Waals surface area contributed by atoms with Crippen molar-refractivity contribution < 1.29 is 9.47 Å². The maximum absolute atomic E-state index is 5.71. The van der Waals surface area contributed by atoms with E-state index in [9.17, 15) is 0 Å². The van der Waals surface area contributed by atoms with Gasteiger partial charge in [-0.2, -0.15) is 4.98 Å². The van der Waals surface area contributed by atoms with Crippen molar-refractivity contribution in [1.29, 1.82) is 0 Å². The van der Waals surface area contributed by atoms with Gasteiger partial charge in [-0.05, 0) is 32.9 Å². The van der Waals surface area contributed by atoms with Crippen molar-refractivity contribution in [2.24, 2.45) is 0 Å². The number of methoxy groups -OCH3 is 1. The minimum Gasteiger partial charge on any atom is -0.477 e. The van der Waals surface area contributed by atoms with Gasteiger partial charge in [0, 0.05) is 19.2 Å². The summed E-state index contributed by atoms with van der Waals surface area (Å²) in [6.07, 6.45) is 3.54. The molecule has 1 aromatic rings.